The van der Waals surface area contributed by atoms with E-state index in [0.717, 1.165) is 25.7 Å². The van der Waals surface area contributed by atoms with Crippen LogP contribution in [0.25, 0.3) is 0 Å². The lowest BCUT2D eigenvalue weighted by Gasteiger charge is -2.11. The molecule has 0 aliphatic heterocycles. The maximum atomic E-state index is 11.4. The highest BCUT2D eigenvalue weighted by atomic mass is 31.2. The first-order valence-corrected chi connectivity index (χ1v) is 9.23. The van der Waals surface area contributed by atoms with Gasteiger partial charge in [-0.2, -0.15) is 0 Å². The van der Waals surface area contributed by atoms with E-state index in [-0.39, 0.29) is 0 Å². The largest absolute Gasteiger partial charge is 0.472 e. The van der Waals surface area contributed by atoms with Crippen LogP contribution in [0.4, 0.5) is 0 Å². The van der Waals surface area contributed by atoms with E-state index >= 15 is 0 Å². The van der Waals surface area contributed by atoms with Crippen LogP contribution in [0.2, 0.25) is 0 Å². The van der Waals surface area contributed by atoms with Gasteiger partial charge in [-0.1, -0.05) is 65.2 Å². The summed E-state index contributed by atoms with van der Waals surface area (Å²) >= 11 is 0. The second-order valence-corrected chi connectivity index (χ2v) is 6.42. The van der Waals surface area contributed by atoms with E-state index in [0.29, 0.717) is 13.2 Å². The fourth-order valence-electron chi connectivity index (χ4n) is 1.78. The molecule has 1 unspecified atom stereocenters. The van der Waals surface area contributed by atoms with E-state index in [9.17, 15) is 9.46 Å². The third-order valence-electron chi connectivity index (χ3n) is 3.00. The zero-order chi connectivity index (χ0) is 14.4. The Morgan fingerprint density at radius 2 is 1.16 bits per heavy atom. The molecular formula is C14H31O4P. The second kappa shape index (κ2) is 13.1. The van der Waals surface area contributed by atoms with Crippen LogP contribution in [0.15, 0.2) is 0 Å². The lowest BCUT2D eigenvalue weighted by Crippen LogP contribution is -1.98. The normalized spacial score (nSPS) is 14.5. The molecule has 0 aromatic carbocycles. The highest BCUT2D eigenvalue weighted by Gasteiger charge is 2.19. The average molecular weight is 294 g/mol. The van der Waals surface area contributed by atoms with Crippen molar-refractivity contribution in [2.75, 3.05) is 13.2 Å². The molecule has 116 valence electrons. The zero-order valence-electron chi connectivity index (χ0n) is 12.6. The number of phosphoric ester groups is 1. The van der Waals surface area contributed by atoms with Crippen LogP contribution in [-0.2, 0) is 13.6 Å². The molecule has 0 aromatic rings. The van der Waals surface area contributed by atoms with Crippen molar-refractivity contribution in [1.82, 2.24) is 0 Å². The van der Waals surface area contributed by atoms with Crippen molar-refractivity contribution in [3.05, 3.63) is 0 Å². The Balaban J connectivity index is 3.30. The monoisotopic (exact) mass is 294 g/mol. The number of rotatable bonds is 14. The van der Waals surface area contributed by atoms with Crippen LogP contribution in [-0.4, -0.2) is 18.1 Å². The third kappa shape index (κ3) is 14.3. The highest BCUT2D eigenvalue weighted by Crippen LogP contribution is 2.43. The molecule has 0 amide bonds. The number of unbranched alkanes of at least 4 members (excludes halogenated alkanes) is 8. The van der Waals surface area contributed by atoms with Gasteiger partial charge < -0.3 is 4.89 Å². The lowest BCUT2D eigenvalue weighted by molar-refractivity contribution is 0.146. The van der Waals surface area contributed by atoms with Gasteiger partial charge in [-0.3, -0.25) is 9.05 Å². The summed E-state index contributed by atoms with van der Waals surface area (Å²) in [4.78, 5) is 9.35. The van der Waals surface area contributed by atoms with Crippen LogP contribution in [0, 0.1) is 0 Å². The quantitative estimate of drug-likeness (QED) is 0.359. The van der Waals surface area contributed by atoms with E-state index in [4.69, 9.17) is 9.05 Å². The molecule has 0 aromatic heterocycles. The summed E-state index contributed by atoms with van der Waals surface area (Å²) in [6.45, 7) is 4.83. The fraction of sp³-hybridized carbons (Fsp3) is 1.00. The molecule has 0 heterocycles. The molecule has 0 bridgehead atoms. The van der Waals surface area contributed by atoms with Crippen molar-refractivity contribution < 1.29 is 18.5 Å². The standard InChI is InChI=1S/C14H31O4P/c1-3-5-7-8-9-10-11-12-14-18-19(15,16)17-13-6-4-2/h3-14H2,1-2H3,(H,15,16). The molecular weight excluding hydrogens is 263 g/mol. The molecule has 1 atom stereocenters. The van der Waals surface area contributed by atoms with Gasteiger partial charge in [0, 0.05) is 0 Å². The molecule has 4 nitrogen and oxygen atoms in total. The van der Waals surface area contributed by atoms with E-state index in [1.165, 1.54) is 38.5 Å². The molecule has 19 heavy (non-hydrogen) atoms. The third-order valence-corrected chi connectivity index (χ3v) is 4.02. The number of hydrogen-bond donors (Lipinski definition) is 1. The molecule has 5 heteroatoms. The molecule has 0 aliphatic rings. The minimum absolute atomic E-state index is 0.293. The summed E-state index contributed by atoms with van der Waals surface area (Å²) in [6.07, 6.45) is 11.3. The molecule has 0 radical (unpaired) electrons. The Morgan fingerprint density at radius 3 is 1.68 bits per heavy atom. The van der Waals surface area contributed by atoms with Gasteiger partial charge in [-0.25, -0.2) is 4.57 Å². The summed E-state index contributed by atoms with van der Waals surface area (Å²) in [5, 5.41) is 0. The van der Waals surface area contributed by atoms with Crippen molar-refractivity contribution in [1.29, 1.82) is 0 Å². The summed E-state index contributed by atoms with van der Waals surface area (Å²) in [6, 6.07) is 0. The van der Waals surface area contributed by atoms with Gasteiger partial charge in [-0.15, -0.1) is 0 Å². The van der Waals surface area contributed by atoms with Gasteiger partial charge in [0.05, 0.1) is 13.2 Å². The van der Waals surface area contributed by atoms with Crippen molar-refractivity contribution in [2.45, 2.75) is 78.1 Å². The topological polar surface area (TPSA) is 55.8 Å². The lowest BCUT2D eigenvalue weighted by atomic mass is 10.1. The first-order chi connectivity index (χ1) is 9.12. The SMILES string of the molecule is CCCCCCCCCCOP(=O)(O)OCCCC. The molecule has 0 saturated heterocycles. The zero-order valence-corrected chi connectivity index (χ0v) is 13.5. The fourth-order valence-corrected chi connectivity index (χ4v) is 2.57. The second-order valence-electron chi connectivity index (χ2n) is 4.96. The van der Waals surface area contributed by atoms with Crippen molar-refractivity contribution in [2.24, 2.45) is 0 Å². The summed E-state index contributed by atoms with van der Waals surface area (Å²) in [5.74, 6) is 0. The van der Waals surface area contributed by atoms with Gasteiger partial charge in [0.1, 0.15) is 0 Å². The molecule has 0 fully saturated rings. The summed E-state index contributed by atoms with van der Waals surface area (Å²) in [7, 11) is -3.79. The average Bonchev–Trinajstić information content (AvgIpc) is 2.37. The number of hydrogen-bond acceptors (Lipinski definition) is 3. The van der Waals surface area contributed by atoms with Gasteiger partial charge in [0.2, 0.25) is 0 Å². The van der Waals surface area contributed by atoms with Crippen molar-refractivity contribution in [3.63, 3.8) is 0 Å². The van der Waals surface area contributed by atoms with E-state index in [1.54, 1.807) is 0 Å². The first-order valence-electron chi connectivity index (χ1n) is 7.74. The molecule has 0 rings (SSSR count). The highest BCUT2D eigenvalue weighted by molar-refractivity contribution is 7.47. The minimum atomic E-state index is -3.79. The van der Waals surface area contributed by atoms with Crippen LogP contribution < -0.4 is 0 Å². The first kappa shape index (κ1) is 19.1. The number of phosphoric acid groups is 1. The van der Waals surface area contributed by atoms with Crippen LogP contribution in [0.1, 0.15) is 78.1 Å². The van der Waals surface area contributed by atoms with Gasteiger partial charge in [0.15, 0.2) is 0 Å². The Morgan fingerprint density at radius 1 is 0.737 bits per heavy atom. The maximum Gasteiger partial charge on any atom is 0.472 e. The van der Waals surface area contributed by atoms with Crippen LogP contribution >= 0.6 is 7.82 Å². The Kier molecular flexibility index (Phi) is 13.2. The molecule has 0 aliphatic carbocycles. The van der Waals surface area contributed by atoms with Crippen LogP contribution in [0.5, 0.6) is 0 Å². The predicted molar refractivity (Wildman–Crippen MR) is 79.2 cm³/mol. The molecule has 1 N–H and O–H groups in total. The Labute approximate surface area is 118 Å². The predicted octanol–water partition coefficient (Wildman–Crippen LogP) is 5.06. The minimum Gasteiger partial charge on any atom is -0.302 e. The maximum absolute atomic E-state index is 11.4. The van der Waals surface area contributed by atoms with Crippen molar-refractivity contribution >= 4 is 7.82 Å². The summed E-state index contributed by atoms with van der Waals surface area (Å²) in [5.41, 5.74) is 0. The van der Waals surface area contributed by atoms with Gasteiger partial charge in [0.25, 0.3) is 0 Å². The summed E-state index contributed by atoms with van der Waals surface area (Å²) < 4.78 is 21.1. The van der Waals surface area contributed by atoms with Crippen molar-refractivity contribution in [3.8, 4) is 0 Å². The Bertz CT molecular complexity index is 233. The van der Waals surface area contributed by atoms with Crippen LogP contribution in [0.3, 0.4) is 0 Å². The smallest absolute Gasteiger partial charge is 0.302 e. The van der Waals surface area contributed by atoms with Gasteiger partial charge >= 0.3 is 7.82 Å². The van der Waals surface area contributed by atoms with E-state index in [1.807, 2.05) is 6.92 Å². The van der Waals surface area contributed by atoms with E-state index < -0.39 is 7.82 Å². The molecule has 0 saturated carbocycles. The molecule has 0 spiro atoms. The van der Waals surface area contributed by atoms with E-state index in [2.05, 4.69) is 6.92 Å². The van der Waals surface area contributed by atoms with Gasteiger partial charge in [-0.05, 0) is 12.8 Å². The Hall–Kier alpha value is 0.110.